The summed E-state index contributed by atoms with van der Waals surface area (Å²) in [5.74, 6) is 0. The van der Waals surface area contributed by atoms with Crippen LogP contribution in [0, 0.1) is 0 Å². The van der Waals surface area contributed by atoms with Crippen LogP contribution in [0.3, 0.4) is 0 Å². The zero-order chi connectivity index (χ0) is 14.6. The standard InChI is InChI=1S/C13H21NO4S/c1-10(2)14(7-8-15)19(17,18)13-6-4-5-12(9-13)11(3)16/h4-6,9-11,15-16H,7-8H2,1-3H3. The van der Waals surface area contributed by atoms with E-state index >= 15 is 0 Å². The van der Waals surface area contributed by atoms with Crippen LogP contribution in [-0.4, -0.2) is 42.1 Å². The summed E-state index contributed by atoms with van der Waals surface area (Å²) in [6.07, 6.45) is -0.722. The third-order valence-corrected chi connectivity index (χ3v) is 4.91. The van der Waals surface area contributed by atoms with Gasteiger partial charge in [0, 0.05) is 12.6 Å². The van der Waals surface area contributed by atoms with Crippen LogP contribution in [0.4, 0.5) is 0 Å². The molecular weight excluding hydrogens is 266 g/mol. The third kappa shape index (κ3) is 3.76. The second-order valence-electron chi connectivity index (χ2n) is 4.68. The molecule has 5 nitrogen and oxygen atoms in total. The van der Waals surface area contributed by atoms with Crippen molar-refractivity contribution >= 4 is 10.0 Å². The molecular formula is C13H21NO4S. The normalized spacial score (nSPS) is 14.1. The fraction of sp³-hybridized carbons (Fsp3) is 0.538. The van der Waals surface area contributed by atoms with E-state index < -0.39 is 16.1 Å². The van der Waals surface area contributed by atoms with Gasteiger partial charge in [0.25, 0.3) is 0 Å². The molecule has 0 saturated carbocycles. The largest absolute Gasteiger partial charge is 0.395 e. The van der Waals surface area contributed by atoms with Gasteiger partial charge >= 0.3 is 0 Å². The highest BCUT2D eigenvalue weighted by Gasteiger charge is 2.26. The Morgan fingerprint density at radius 3 is 2.37 bits per heavy atom. The van der Waals surface area contributed by atoms with Crippen molar-refractivity contribution in [3.63, 3.8) is 0 Å². The zero-order valence-corrected chi connectivity index (χ0v) is 12.3. The Morgan fingerprint density at radius 2 is 1.89 bits per heavy atom. The number of benzene rings is 1. The van der Waals surface area contributed by atoms with Crippen molar-refractivity contribution in [2.75, 3.05) is 13.2 Å². The summed E-state index contributed by atoms with van der Waals surface area (Å²) >= 11 is 0. The van der Waals surface area contributed by atoms with E-state index in [-0.39, 0.29) is 24.1 Å². The third-order valence-electron chi connectivity index (χ3n) is 2.84. The van der Waals surface area contributed by atoms with E-state index in [1.807, 2.05) is 0 Å². The molecule has 0 fully saturated rings. The molecule has 0 aromatic heterocycles. The van der Waals surface area contributed by atoms with Crippen LogP contribution < -0.4 is 0 Å². The summed E-state index contributed by atoms with van der Waals surface area (Å²) in [5.41, 5.74) is 0.550. The van der Waals surface area contributed by atoms with Crippen molar-refractivity contribution in [1.82, 2.24) is 4.31 Å². The highest BCUT2D eigenvalue weighted by Crippen LogP contribution is 2.21. The van der Waals surface area contributed by atoms with Crippen LogP contribution in [0.25, 0.3) is 0 Å². The van der Waals surface area contributed by atoms with Gasteiger partial charge in [0.1, 0.15) is 0 Å². The average molecular weight is 287 g/mol. The van der Waals surface area contributed by atoms with Gasteiger partial charge in [-0.25, -0.2) is 8.42 Å². The van der Waals surface area contributed by atoms with Crippen molar-refractivity contribution in [2.24, 2.45) is 0 Å². The van der Waals surface area contributed by atoms with Crippen LogP contribution in [0.15, 0.2) is 29.2 Å². The number of aliphatic hydroxyl groups excluding tert-OH is 2. The lowest BCUT2D eigenvalue weighted by molar-refractivity contribution is 0.199. The molecule has 6 heteroatoms. The molecule has 1 unspecified atom stereocenters. The summed E-state index contributed by atoms with van der Waals surface area (Å²) in [6, 6.07) is 6.00. The molecule has 0 aliphatic rings. The topological polar surface area (TPSA) is 77.8 Å². The van der Waals surface area contributed by atoms with E-state index in [0.29, 0.717) is 5.56 Å². The van der Waals surface area contributed by atoms with E-state index in [2.05, 4.69) is 0 Å². The fourth-order valence-corrected chi connectivity index (χ4v) is 3.51. The van der Waals surface area contributed by atoms with Gasteiger partial charge in [-0.2, -0.15) is 4.31 Å². The minimum Gasteiger partial charge on any atom is -0.395 e. The van der Waals surface area contributed by atoms with E-state index in [4.69, 9.17) is 5.11 Å². The number of hydrogen-bond acceptors (Lipinski definition) is 4. The number of rotatable bonds is 6. The van der Waals surface area contributed by atoms with Gasteiger partial charge in [-0.3, -0.25) is 0 Å². The monoisotopic (exact) mass is 287 g/mol. The lowest BCUT2D eigenvalue weighted by atomic mass is 10.1. The predicted molar refractivity (Wildman–Crippen MR) is 73.2 cm³/mol. The Hall–Kier alpha value is -0.950. The van der Waals surface area contributed by atoms with Gasteiger partial charge in [-0.1, -0.05) is 12.1 Å². The fourth-order valence-electron chi connectivity index (χ4n) is 1.82. The molecule has 1 aromatic rings. The lowest BCUT2D eigenvalue weighted by Crippen LogP contribution is -2.38. The summed E-state index contributed by atoms with van der Waals surface area (Å²) in [5, 5.41) is 18.5. The van der Waals surface area contributed by atoms with E-state index in [0.717, 1.165) is 0 Å². The Balaban J connectivity index is 3.21. The second-order valence-corrected chi connectivity index (χ2v) is 6.57. The van der Waals surface area contributed by atoms with Crippen molar-refractivity contribution in [2.45, 2.75) is 37.8 Å². The first kappa shape index (κ1) is 16.1. The lowest BCUT2D eigenvalue weighted by Gasteiger charge is -2.25. The molecule has 0 aliphatic heterocycles. The Bertz CT molecular complexity index is 511. The van der Waals surface area contributed by atoms with Gasteiger partial charge in [0.15, 0.2) is 0 Å². The number of hydrogen-bond donors (Lipinski definition) is 2. The minimum atomic E-state index is -3.66. The van der Waals surface area contributed by atoms with Crippen LogP contribution in [-0.2, 0) is 10.0 Å². The first-order valence-corrected chi connectivity index (χ1v) is 7.65. The molecule has 1 rings (SSSR count). The number of aliphatic hydroxyl groups is 2. The smallest absolute Gasteiger partial charge is 0.243 e. The molecule has 0 radical (unpaired) electrons. The van der Waals surface area contributed by atoms with Crippen molar-refractivity contribution in [3.8, 4) is 0 Å². The summed E-state index contributed by atoms with van der Waals surface area (Å²) in [7, 11) is -3.66. The summed E-state index contributed by atoms with van der Waals surface area (Å²) < 4.78 is 26.2. The van der Waals surface area contributed by atoms with Crippen LogP contribution in [0.5, 0.6) is 0 Å². The SMILES string of the molecule is CC(O)c1cccc(S(=O)(=O)N(CCO)C(C)C)c1. The maximum atomic E-state index is 12.5. The molecule has 1 atom stereocenters. The van der Waals surface area contributed by atoms with Gasteiger partial charge in [0.2, 0.25) is 10.0 Å². The van der Waals surface area contributed by atoms with E-state index in [9.17, 15) is 13.5 Å². The number of nitrogens with zero attached hydrogens (tertiary/aromatic N) is 1. The molecule has 108 valence electrons. The molecule has 2 N–H and O–H groups in total. The van der Waals surface area contributed by atoms with Gasteiger partial charge in [-0.15, -0.1) is 0 Å². The highest BCUT2D eigenvalue weighted by molar-refractivity contribution is 7.89. The van der Waals surface area contributed by atoms with E-state index in [1.165, 1.54) is 16.4 Å². The predicted octanol–water partition coefficient (Wildman–Crippen LogP) is 1.13. The van der Waals surface area contributed by atoms with Gasteiger partial charge in [-0.05, 0) is 38.5 Å². The molecule has 0 heterocycles. The molecule has 0 saturated heterocycles. The van der Waals surface area contributed by atoms with Gasteiger partial charge < -0.3 is 10.2 Å². The van der Waals surface area contributed by atoms with Gasteiger partial charge in [0.05, 0.1) is 17.6 Å². The second kappa shape index (κ2) is 6.47. The molecule has 0 amide bonds. The van der Waals surface area contributed by atoms with Crippen LogP contribution in [0.1, 0.15) is 32.4 Å². The molecule has 0 aliphatic carbocycles. The van der Waals surface area contributed by atoms with E-state index in [1.54, 1.807) is 32.9 Å². The minimum absolute atomic E-state index is 0.0545. The highest BCUT2D eigenvalue weighted by atomic mass is 32.2. The quantitative estimate of drug-likeness (QED) is 0.822. The average Bonchev–Trinajstić information content (AvgIpc) is 2.35. The molecule has 19 heavy (non-hydrogen) atoms. The van der Waals surface area contributed by atoms with Crippen LogP contribution >= 0.6 is 0 Å². The maximum Gasteiger partial charge on any atom is 0.243 e. The molecule has 1 aromatic carbocycles. The Labute approximate surface area is 114 Å². The molecule has 0 bridgehead atoms. The van der Waals surface area contributed by atoms with Crippen molar-refractivity contribution < 1.29 is 18.6 Å². The molecule has 0 spiro atoms. The summed E-state index contributed by atoms with van der Waals surface area (Å²) in [4.78, 5) is 0.132. The number of sulfonamides is 1. The Morgan fingerprint density at radius 1 is 1.26 bits per heavy atom. The maximum absolute atomic E-state index is 12.5. The Kier molecular flexibility index (Phi) is 5.49. The zero-order valence-electron chi connectivity index (χ0n) is 11.4. The summed E-state index contributed by atoms with van der Waals surface area (Å²) in [6.45, 7) is 4.92. The first-order valence-electron chi connectivity index (χ1n) is 6.21. The first-order chi connectivity index (χ1) is 8.80. The van der Waals surface area contributed by atoms with Crippen molar-refractivity contribution in [1.29, 1.82) is 0 Å². The van der Waals surface area contributed by atoms with Crippen LogP contribution in [0.2, 0.25) is 0 Å². The van der Waals surface area contributed by atoms with Crippen molar-refractivity contribution in [3.05, 3.63) is 29.8 Å².